The summed E-state index contributed by atoms with van der Waals surface area (Å²) >= 11 is 3.79. The van der Waals surface area contributed by atoms with Gasteiger partial charge in [-0.3, -0.25) is 10.1 Å². The van der Waals surface area contributed by atoms with E-state index in [1.54, 1.807) is 12.1 Å². The number of nitro benzene ring substituents is 1. The number of benzene rings is 3. The van der Waals surface area contributed by atoms with Gasteiger partial charge in [-0.25, -0.2) is 0 Å². The zero-order chi connectivity index (χ0) is 18.0. The third-order valence-electron chi connectivity index (χ3n) is 4.43. The van der Waals surface area contributed by atoms with Crippen molar-refractivity contribution in [3.63, 3.8) is 0 Å². The van der Waals surface area contributed by atoms with Crippen LogP contribution in [0.3, 0.4) is 0 Å². The van der Waals surface area contributed by atoms with Gasteiger partial charge in [0.1, 0.15) is 0 Å². The molecule has 1 atom stereocenters. The van der Waals surface area contributed by atoms with Gasteiger partial charge in [0.2, 0.25) is 0 Å². The molecule has 0 bridgehead atoms. The minimum absolute atomic E-state index is 0.0266. The van der Waals surface area contributed by atoms with Crippen LogP contribution in [0.5, 0.6) is 0 Å². The fourth-order valence-electron chi connectivity index (χ4n) is 3.05. The highest BCUT2D eigenvalue weighted by atomic mass is 32.2. The van der Waals surface area contributed by atoms with Gasteiger partial charge in [0.05, 0.1) is 9.00 Å². The van der Waals surface area contributed by atoms with Gasteiger partial charge >= 0.3 is 0 Å². The summed E-state index contributed by atoms with van der Waals surface area (Å²) in [6.45, 7) is 0. The van der Waals surface area contributed by atoms with Crippen LogP contribution in [0.2, 0.25) is 0 Å². The minimum Gasteiger partial charge on any atom is -0.258 e. The lowest BCUT2D eigenvalue weighted by Gasteiger charge is -2.17. The van der Waals surface area contributed by atoms with E-state index in [2.05, 4.69) is 48.5 Å². The lowest BCUT2D eigenvalue weighted by Crippen LogP contribution is -2.01. The maximum absolute atomic E-state index is 10.9. The van der Waals surface area contributed by atoms with Crippen LogP contribution in [-0.2, 0) is 0 Å². The number of rotatable bonds is 6. The highest BCUT2D eigenvalue weighted by Crippen LogP contribution is 2.69. The van der Waals surface area contributed by atoms with Gasteiger partial charge < -0.3 is 0 Å². The molecule has 0 spiro atoms. The summed E-state index contributed by atoms with van der Waals surface area (Å²) in [5.41, 5.74) is 1.31. The number of non-ortho nitro benzene ring substituents is 1. The predicted molar refractivity (Wildman–Crippen MR) is 108 cm³/mol. The van der Waals surface area contributed by atoms with Crippen molar-refractivity contribution in [2.24, 2.45) is 0 Å². The molecule has 4 rings (SSSR count). The number of hydrogen-bond donors (Lipinski definition) is 0. The summed E-state index contributed by atoms with van der Waals surface area (Å²) in [6, 6.07) is 27.9. The van der Waals surface area contributed by atoms with Crippen molar-refractivity contribution in [2.45, 2.75) is 26.2 Å². The van der Waals surface area contributed by atoms with E-state index < -0.39 is 0 Å². The molecule has 1 saturated carbocycles. The molecule has 0 amide bonds. The Kier molecular flexibility index (Phi) is 4.74. The molecule has 3 aromatic carbocycles. The number of thioether (sulfide) groups is 2. The minimum atomic E-state index is -0.346. The Balaban J connectivity index is 1.61. The summed E-state index contributed by atoms with van der Waals surface area (Å²) in [6.07, 6.45) is 1.05. The first-order valence-electron chi connectivity index (χ1n) is 8.39. The Morgan fingerprint density at radius 2 is 1.31 bits per heavy atom. The quantitative estimate of drug-likeness (QED) is 0.284. The second kappa shape index (κ2) is 7.17. The first kappa shape index (κ1) is 17.2. The molecule has 3 nitrogen and oxygen atoms in total. The molecule has 26 heavy (non-hydrogen) atoms. The van der Waals surface area contributed by atoms with E-state index in [1.807, 2.05) is 47.8 Å². The Labute approximate surface area is 161 Å². The molecule has 1 aliphatic rings. The summed E-state index contributed by atoms with van der Waals surface area (Å²) in [7, 11) is 0. The Morgan fingerprint density at radius 1 is 0.808 bits per heavy atom. The van der Waals surface area contributed by atoms with Gasteiger partial charge in [-0.2, -0.15) is 0 Å². The standard InChI is InChI=1S/C21H17NO2S2/c23-22(24)17-13-11-16(12-14-17)20-15-21(20,25-18-7-3-1-4-8-18)26-19-9-5-2-6-10-19/h1-14,20H,15H2. The molecule has 3 aromatic rings. The molecule has 0 saturated heterocycles. The molecular formula is C21H17NO2S2. The molecule has 1 aliphatic carbocycles. The van der Waals surface area contributed by atoms with Crippen molar-refractivity contribution >= 4 is 29.2 Å². The molecule has 130 valence electrons. The molecule has 0 heterocycles. The normalized spacial score (nSPS) is 17.6. The first-order valence-corrected chi connectivity index (χ1v) is 10.0. The van der Waals surface area contributed by atoms with Crippen molar-refractivity contribution in [1.82, 2.24) is 0 Å². The van der Waals surface area contributed by atoms with E-state index in [1.165, 1.54) is 15.4 Å². The molecule has 0 aromatic heterocycles. The zero-order valence-electron chi connectivity index (χ0n) is 13.9. The fraction of sp³-hybridized carbons (Fsp3) is 0.143. The highest BCUT2D eigenvalue weighted by Gasteiger charge is 2.56. The van der Waals surface area contributed by atoms with Crippen molar-refractivity contribution in [3.05, 3.63) is 101 Å². The molecule has 0 aliphatic heterocycles. The number of nitro groups is 1. The van der Waals surface area contributed by atoms with Crippen molar-refractivity contribution in [1.29, 1.82) is 0 Å². The van der Waals surface area contributed by atoms with Crippen molar-refractivity contribution in [3.8, 4) is 0 Å². The smallest absolute Gasteiger partial charge is 0.258 e. The van der Waals surface area contributed by atoms with E-state index >= 15 is 0 Å². The molecule has 0 N–H and O–H groups in total. The van der Waals surface area contributed by atoms with Gasteiger partial charge in [0.25, 0.3) is 5.69 Å². The number of hydrogen-bond acceptors (Lipinski definition) is 4. The maximum Gasteiger partial charge on any atom is 0.269 e. The van der Waals surface area contributed by atoms with Crippen LogP contribution in [0.25, 0.3) is 0 Å². The fourth-order valence-corrected chi connectivity index (χ4v) is 6.23. The predicted octanol–water partition coefficient (Wildman–Crippen LogP) is 6.36. The molecule has 0 radical (unpaired) electrons. The topological polar surface area (TPSA) is 43.1 Å². The van der Waals surface area contributed by atoms with Crippen LogP contribution in [0, 0.1) is 10.1 Å². The van der Waals surface area contributed by atoms with Crippen LogP contribution in [0.1, 0.15) is 17.9 Å². The van der Waals surface area contributed by atoms with Gasteiger partial charge in [-0.1, -0.05) is 48.5 Å². The molecule has 5 heteroatoms. The third-order valence-corrected chi connectivity index (χ3v) is 7.54. The Morgan fingerprint density at radius 3 is 1.77 bits per heavy atom. The number of nitrogens with zero attached hydrogens (tertiary/aromatic N) is 1. The summed E-state index contributed by atoms with van der Waals surface area (Å²) < 4.78 is 0.0266. The van der Waals surface area contributed by atoms with E-state index in [0.29, 0.717) is 5.92 Å². The average Bonchev–Trinajstić information content (AvgIpc) is 3.36. The van der Waals surface area contributed by atoms with Gasteiger partial charge in [0.15, 0.2) is 0 Å². The monoisotopic (exact) mass is 379 g/mol. The largest absolute Gasteiger partial charge is 0.269 e. The lowest BCUT2D eigenvalue weighted by atomic mass is 10.1. The Bertz CT molecular complexity index is 857. The lowest BCUT2D eigenvalue weighted by molar-refractivity contribution is -0.384. The third kappa shape index (κ3) is 3.64. The Hall–Kier alpha value is -2.24. The van der Waals surface area contributed by atoms with Crippen LogP contribution >= 0.6 is 23.5 Å². The SMILES string of the molecule is O=[N+]([O-])c1ccc(C2CC2(Sc2ccccc2)Sc2ccccc2)cc1. The van der Waals surface area contributed by atoms with E-state index in [0.717, 1.165) is 6.42 Å². The first-order chi connectivity index (χ1) is 12.7. The van der Waals surface area contributed by atoms with Crippen molar-refractivity contribution in [2.75, 3.05) is 0 Å². The van der Waals surface area contributed by atoms with E-state index in [-0.39, 0.29) is 14.7 Å². The van der Waals surface area contributed by atoms with Crippen molar-refractivity contribution < 1.29 is 4.92 Å². The van der Waals surface area contributed by atoms with Crippen LogP contribution in [0.4, 0.5) is 5.69 Å². The van der Waals surface area contributed by atoms with Gasteiger partial charge in [0, 0.05) is 27.8 Å². The van der Waals surface area contributed by atoms with Gasteiger partial charge in [-0.05, 0) is 36.2 Å². The second-order valence-corrected chi connectivity index (χ2v) is 9.31. The highest BCUT2D eigenvalue weighted by molar-refractivity contribution is 8.18. The van der Waals surface area contributed by atoms with E-state index in [9.17, 15) is 10.1 Å². The van der Waals surface area contributed by atoms with Gasteiger partial charge in [-0.15, -0.1) is 23.5 Å². The average molecular weight is 380 g/mol. The molecule has 1 unspecified atom stereocenters. The summed E-state index contributed by atoms with van der Waals surface area (Å²) in [4.78, 5) is 13.1. The maximum atomic E-state index is 10.9. The molecular weight excluding hydrogens is 362 g/mol. The molecule has 1 fully saturated rings. The second-order valence-electron chi connectivity index (χ2n) is 6.25. The summed E-state index contributed by atoms with van der Waals surface area (Å²) in [5.74, 6) is 0.374. The van der Waals surface area contributed by atoms with Crippen LogP contribution in [-0.4, -0.2) is 9.00 Å². The summed E-state index contributed by atoms with van der Waals surface area (Å²) in [5, 5.41) is 10.9. The van der Waals surface area contributed by atoms with Crippen LogP contribution in [0.15, 0.2) is 94.7 Å². The zero-order valence-corrected chi connectivity index (χ0v) is 15.6. The van der Waals surface area contributed by atoms with E-state index in [4.69, 9.17) is 0 Å². The van der Waals surface area contributed by atoms with Crippen LogP contribution < -0.4 is 0 Å².